The van der Waals surface area contributed by atoms with E-state index < -0.39 is 39.6 Å². The van der Waals surface area contributed by atoms with E-state index in [0.29, 0.717) is 12.8 Å². The molecule has 0 radical (unpaired) electrons. The summed E-state index contributed by atoms with van der Waals surface area (Å²) in [6, 6.07) is -1.10. The number of amides is 1. The molecule has 0 spiro atoms. The molecule has 1 atom stereocenters. The molecule has 1 heterocycles. The van der Waals surface area contributed by atoms with Gasteiger partial charge in [-0.3, -0.25) is 9.59 Å². The summed E-state index contributed by atoms with van der Waals surface area (Å²) in [4.78, 5) is 22.2. The Balaban J connectivity index is 2.22. The number of aliphatic carboxylic acids is 1. The zero-order valence-corrected chi connectivity index (χ0v) is 9.94. The number of rotatable bonds is 4. The van der Waals surface area contributed by atoms with Gasteiger partial charge in [0.15, 0.2) is 0 Å². The predicted molar refractivity (Wildman–Crippen MR) is 57.7 cm³/mol. The van der Waals surface area contributed by atoms with E-state index in [1.54, 1.807) is 0 Å². The van der Waals surface area contributed by atoms with E-state index in [4.69, 9.17) is 5.11 Å². The van der Waals surface area contributed by atoms with Crippen LogP contribution in [0.4, 0.5) is 0 Å². The summed E-state index contributed by atoms with van der Waals surface area (Å²) in [5.74, 6) is -1.70. The molecule has 2 rings (SSSR count). The number of carboxylic acids is 1. The van der Waals surface area contributed by atoms with Crippen molar-refractivity contribution in [2.45, 2.75) is 30.6 Å². The first-order chi connectivity index (χ1) is 7.93. The number of piperazine rings is 1. The number of hydrogen-bond donors (Lipinski definition) is 2. The summed E-state index contributed by atoms with van der Waals surface area (Å²) in [7, 11) is -3.51. The Labute approximate surface area is 98.8 Å². The molecule has 0 aromatic rings. The summed E-state index contributed by atoms with van der Waals surface area (Å²) < 4.78 is 25.1. The molecule has 96 valence electrons. The van der Waals surface area contributed by atoms with Crippen LogP contribution in [0.1, 0.15) is 19.3 Å². The van der Waals surface area contributed by atoms with E-state index in [0.717, 1.165) is 4.31 Å². The number of carbonyl (C=O) groups is 2. The predicted octanol–water partition coefficient (Wildman–Crippen LogP) is -1.25. The highest BCUT2D eigenvalue weighted by Gasteiger charge is 2.46. The lowest BCUT2D eigenvalue weighted by atomic mass is 10.1. The van der Waals surface area contributed by atoms with Crippen LogP contribution in [0, 0.1) is 0 Å². The molecule has 1 aliphatic carbocycles. The van der Waals surface area contributed by atoms with Crippen LogP contribution in [0.25, 0.3) is 0 Å². The normalized spacial score (nSPS) is 26.6. The molecule has 1 unspecified atom stereocenters. The minimum Gasteiger partial charge on any atom is -0.481 e. The van der Waals surface area contributed by atoms with Crippen LogP contribution in [0.5, 0.6) is 0 Å². The van der Waals surface area contributed by atoms with Crippen LogP contribution in [0.2, 0.25) is 0 Å². The molecule has 1 saturated heterocycles. The molecule has 17 heavy (non-hydrogen) atoms. The Hall–Kier alpha value is -1.15. The van der Waals surface area contributed by atoms with Crippen molar-refractivity contribution in [2.75, 3.05) is 13.1 Å². The van der Waals surface area contributed by atoms with Gasteiger partial charge in [0, 0.05) is 13.1 Å². The van der Waals surface area contributed by atoms with Gasteiger partial charge in [0.25, 0.3) is 0 Å². The molecule has 7 nitrogen and oxygen atoms in total. The zero-order chi connectivity index (χ0) is 12.6. The highest BCUT2D eigenvalue weighted by molar-refractivity contribution is 7.90. The van der Waals surface area contributed by atoms with Gasteiger partial charge in [-0.15, -0.1) is 0 Å². The quantitative estimate of drug-likeness (QED) is 0.659. The summed E-state index contributed by atoms with van der Waals surface area (Å²) in [5, 5.41) is 10.8. The Bertz CT molecular complexity index is 442. The van der Waals surface area contributed by atoms with Crippen molar-refractivity contribution in [2.24, 2.45) is 0 Å². The van der Waals surface area contributed by atoms with Gasteiger partial charge in [-0.1, -0.05) is 0 Å². The van der Waals surface area contributed by atoms with Gasteiger partial charge in [0.1, 0.15) is 6.04 Å². The molecule has 0 aromatic heterocycles. The van der Waals surface area contributed by atoms with Crippen LogP contribution >= 0.6 is 0 Å². The van der Waals surface area contributed by atoms with E-state index in [1.165, 1.54) is 0 Å². The first-order valence-corrected chi connectivity index (χ1v) is 6.93. The lowest BCUT2D eigenvalue weighted by molar-refractivity contribution is -0.141. The van der Waals surface area contributed by atoms with E-state index in [2.05, 4.69) is 5.32 Å². The van der Waals surface area contributed by atoms with Crippen molar-refractivity contribution in [3.63, 3.8) is 0 Å². The monoisotopic (exact) mass is 262 g/mol. The van der Waals surface area contributed by atoms with Crippen molar-refractivity contribution < 1.29 is 23.1 Å². The van der Waals surface area contributed by atoms with Gasteiger partial charge in [-0.25, -0.2) is 8.42 Å². The molecule has 2 fully saturated rings. The lowest BCUT2D eigenvalue weighted by Gasteiger charge is -2.33. The largest absolute Gasteiger partial charge is 0.481 e. The summed E-state index contributed by atoms with van der Waals surface area (Å²) in [5.41, 5.74) is 0. The van der Waals surface area contributed by atoms with Gasteiger partial charge in [0.05, 0.1) is 11.7 Å². The van der Waals surface area contributed by atoms with Crippen LogP contribution in [-0.2, 0) is 19.6 Å². The molecule has 0 aromatic carbocycles. The van der Waals surface area contributed by atoms with Crippen molar-refractivity contribution in [3.05, 3.63) is 0 Å². The topological polar surface area (TPSA) is 104 Å². The maximum absolute atomic E-state index is 12.0. The maximum Gasteiger partial charge on any atom is 0.305 e. The van der Waals surface area contributed by atoms with Gasteiger partial charge < -0.3 is 10.4 Å². The SMILES string of the molecule is O=C(O)CC1C(=O)NCCN1S(=O)(=O)C1CC1. The third-order valence-corrected chi connectivity index (χ3v) is 5.33. The summed E-state index contributed by atoms with van der Waals surface area (Å²) >= 11 is 0. The van der Waals surface area contributed by atoms with Crippen LogP contribution < -0.4 is 5.32 Å². The Morgan fingerprint density at radius 3 is 2.65 bits per heavy atom. The minimum atomic E-state index is -3.51. The van der Waals surface area contributed by atoms with Gasteiger partial charge in [-0.2, -0.15) is 4.31 Å². The number of nitrogens with zero attached hydrogens (tertiary/aromatic N) is 1. The second-order valence-corrected chi connectivity index (χ2v) is 6.43. The molecule has 2 N–H and O–H groups in total. The van der Waals surface area contributed by atoms with Crippen LogP contribution in [0.15, 0.2) is 0 Å². The number of nitrogens with one attached hydrogen (secondary N) is 1. The number of carboxylic acid groups (broad SMARTS) is 1. The standard InChI is InChI=1S/C9H14N2O5S/c12-8(13)5-7-9(14)10-3-4-11(7)17(15,16)6-1-2-6/h6-7H,1-5H2,(H,10,14)(H,12,13). The number of hydrogen-bond acceptors (Lipinski definition) is 4. The van der Waals surface area contributed by atoms with Crippen molar-refractivity contribution >= 4 is 21.9 Å². The molecule has 2 aliphatic rings. The van der Waals surface area contributed by atoms with Crippen molar-refractivity contribution in [1.29, 1.82) is 0 Å². The fourth-order valence-corrected chi connectivity index (χ4v) is 3.90. The van der Waals surface area contributed by atoms with Crippen molar-refractivity contribution in [1.82, 2.24) is 9.62 Å². The minimum absolute atomic E-state index is 0.155. The summed E-state index contributed by atoms with van der Waals surface area (Å²) in [6.45, 7) is 0.392. The summed E-state index contributed by atoms with van der Waals surface area (Å²) in [6.07, 6.45) is 0.707. The third kappa shape index (κ3) is 2.42. The first-order valence-electron chi connectivity index (χ1n) is 5.43. The van der Waals surface area contributed by atoms with Crippen molar-refractivity contribution in [3.8, 4) is 0 Å². The molecule has 1 amide bonds. The van der Waals surface area contributed by atoms with Gasteiger partial charge in [-0.05, 0) is 12.8 Å². The molecule has 8 heteroatoms. The Morgan fingerprint density at radius 1 is 1.47 bits per heavy atom. The highest BCUT2D eigenvalue weighted by atomic mass is 32.2. The average molecular weight is 262 g/mol. The number of carbonyl (C=O) groups excluding carboxylic acids is 1. The van der Waals surface area contributed by atoms with E-state index >= 15 is 0 Å². The third-order valence-electron chi connectivity index (χ3n) is 2.92. The molecular formula is C9H14N2O5S. The second-order valence-electron chi connectivity index (χ2n) is 4.26. The average Bonchev–Trinajstić information content (AvgIpc) is 3.03. The fraction of sp³-hybridized carbons (Fsp3) is 0.778. The smallest absolute Gasteiger partial charge is 0.305 e. The number of sulfonamides is 1. The van der Waals surface area contributed by atoms with Crippen LogP contribution in [-0.4, -0.2) is 54.1 Å². The second kappa shape index (κ2) is 4.26. The first kappa shape index (κ1) is 12.3. The maximum atomic E-state index is 12.0. The molecule has 1 aliphatic heterocycles. The van der Waals surface area contributed by atoms with E-state index in [-0.39, 0.29) is 13.1 Å². The fourth-order valence-electron chi connectivity index (χ4n) is 1.92. The van der Waals surface area contributed by atoms with E-state index in [9.17, 15) is 18.0 Å². The Kier molecular flexibility index (Phi) is 3.09. The molecule has 0 bridgehead atoms. The molecular weight excluding hydrogens is 248 g/mol. The lowest BCUT2D eigenvalue weighted by Crippen LogP contribution is -2.58. The highest BCUT2D eigenvalue weighted by Crippen LogP contribution is 2.32. The Morgan fingerprint density at radius 2 is 2.12 bits per heavy atom. The van der Waals surface area contributed by atoms with Gasteiger partial charge in [0.2, 0.25) is 15.9 Å². The van der Waals surface area contributed by atoms with E-state index in [1.807, 2.05) is 0 Å². The zero-order valence-electron chi connectivity index (χ0n) is 9.13. The van der Waals surface area contributed by atoms with Crippen LogP contribution in [0.3, 0.4) is 0 Å². The molecule has 1 saturated carbocycles. The van der Waals surface area contributed by atoms with Gasteiger partial charge >= 0.3 is 5.97 Å².